The fourth-order valence-electron chi connectivity index (χ4n) is 1.60. The first kappa shape index (κ1) is 14.8. The van der Waals surface area contributed by atoms with Crippen molar-refractivity contribution in [2.45, 2.75) is 0 Å². The Morgan fingerprint density at radius 3 is 2.18 bits per heavy atom. The summed E-state index contributed by atoms with van der Waals surface area (Å²) < 4.78 is 5.67. The van der Waals surface area contributed by atoms with Crippen molar-refractivity contribution >= 4 is 6.21 Å². The van der Waals surface area contributed by atoms with Gasteiger partial charge in [0, 0.05) is 6.21 Å². The van der Waals surface area contributed by atoms with E-state index in [9.17, 15) is 0 Å². The highest BCUT2D eigenvalue weighted by Gasteiger charge is 1.99. The minimum atomic E-state index is -0.206. The van der Waals surface area contributed by atoms with Crippen LogP contribution >= 0.6 is 0 Å². The first-order chi connectivity index (χ1) is 10.7. The molecule has 0 fully saturated rings. The van der Waals surface area contributed by atoms with Gasteiger partial charge in [-0.05, 0) is 42.0 Å². The van der Waals surface area contributed by atoms with Crippen LogP contribution in [0.4, 0.5) is 0 Å². The van der Waals surface area contributed by atoms with Gasteiger partial charge in [-0.1, -0.05) is 18.2 Å². The third-order valence-electron chi connectivity index (χ3n) is 2.68. The fraction of sp³-hybridized carbons (Fsp3) is 0. The Bertz CT molecular complexity index is 778. The van der Waals surface area contributed by atoms with Gasteiger partial charge in [-0.25, -0.2) is 4.99 Å². The smallest absolute Gasteiger partial charge is 0.174 e. The average molecular weight is 288 g/mol. The molecule has 0 saturated carbocycles. The Labute approximate surface area is 128 Å². The molecule has 0 atom stereocenters. The third-order valence-corrected chi connectivity index (χ3v) is 2.68. The zero-order valence-corrected chi connectivity index (χ0v) is 11.6. The molecule has 0 aliphatic rings. The van der Waals surface area contributed by atoms with E-state index < -0.39 is 0 Å². The van der Waals surface area contributed by atoms with E-state index in [1.165, 1.54) is 6.21 Å². The largest absolute Gasteiger partial charge is 0.457 e. The lowest BCUT2D eigenvalue weighted by atomic mass is 10.2. The predicted octanol–water partition coefficient (Wildman–Crippen LogP) is 3.12. The molecule has 0 amide bonds. The molecular formula is C17H12N4O. The van der Waals surface area contributed by atoms with Crippen LogP contribution in [0.3, 0.4) is 0 Å². The van der Waals surface area contributed by atoms with Gasteiger partial charge in [-0.2, -0.15) is 10.5 Å². The van der Waals surface area contributed by atoms with Gasteiger partial charge >= 0.3 is 0 Å². The second-order valence-electron chi connectivity index (χ2n) is 4.23. The van der Waals surface area contributed by atoms with Gasteiger partial charge in [0.1, 0.15) is 29.3 Å². The summed E-state index contributed by atoms with van der Waals surface area (Å²) in [6.07, 6.45) is 1.47. The number of benzene rings is 2. The van der Waals surface area contributed by atoms with Gasteiger partial charge in [0.15, 0.2) is 5.70 Å². The predicted molar refractivity (Wildman–Crippen MR) is 83.0 cm³/mol. The van der Waals surface area contributed by atoms with Crippen molar-refractivity contribution in [3.63, 3.8) is 0 Å². The number of nitriles is 2. The highest BCUT2D eigenvalue weighted by atomic mass is 16.5. The van der Waals surface area contributed by atoms with E-state index in [0.29, 0.717) is 5.75 Å². The van der Waals surface area contributed by atoms with Crippen molar-refractivity contribution in [3.05, 3.63) is 71.6 Å². The second-order valence-corrected chi connectivity index (χ2v) is 4.23. The Morgan fingerprint density at radius 1 is 0.955 bits per heavy atom. The highest BCUT2D eigenvalue weighted by molar-refractivity contribution is 5.81. The summed E-state index contributed by atoms with van der Waals surface area (Å²) in [6.45, 7) is 0. The van der Waals surface area contributed by atoms with Crippen LogP contribution in [0.1, 0.15) is 5.56 Å². The molecule has 0 aliphatic carbocycles. The second kappa shape index (κ2) is 7.28. The molecule has 5 heteroatoms. The van der Waals surface area contributed by atoms with Crippen LogP contribution in [0.15, 0.2) is 71.0 Å². The Balaban J connectivity index is 2.10. The van der Waals surface area contributed by atoms with Crippen molar-refractivity contribution in [2.75, 3.05) is 0 Å². The zero-order chi connectivity index (χ0) is 15.8. The van der Waals surface area contributed by atoms with Crippen molar-refractivity contribution in [3.8, 4) is 23.6 Å². The lowest BCUT2D eigenvalue weighted by molar-refractivity contribution is 0.482. The summed E-state index contributed by atoms with van der Waals surface area (Å²) in [5, 5.41) is 17.5. The first-order valence-electron chi connectivity index (χ1n) is 6.40. The maximum absolute atomic E-state index is 8.84. The molecule has 0 heterocycles. The molecule has 2 aromatic rings. The van der Waals surface area contributed by atoms with E-state index >= 15 is 0 Å². The summed E-state index contributed by atoms with van der Waals surface area (Å²) in [7, 11) is 0. The maximum Gasteiger partial charge on any atom is 0.174 e. The average Bonchev–Trinajstić information content (AvgIpc) is 2.57. The van der Waals surface area contributed by atoms with E-state index in [0.717, 1.165) is 11.3 Å². The Kier molecular flexibility index (Phi) is 4.90. The number of rotatable bonds is 4. The Hall–Kier alpha value is -3.57. The van der Waals surface area contributed by atoms with Crippen molar-refractivity contribution in [2.24, 2.45) is 10.7 Å². The normalized spacial score (nSPS) is 11.4. The fourth-order valence-corrected chi connectivity index (χ4v) is 1.60. The molecule has 2 rings (SSSR count). The molecule has 2 aromatic carbocycles. The Morgan fingerprint density at radius 2 is 1.59 bits per heavy atom. The van der Waals surface area contributed by atoms with Crippen LogP contribution in [-0.2, 0) is 0 Å². The van der Waals surface area contributed by atoms with Crippen molar-refractivity contribution in [1.29, 1.82) is 10.5 Å². The number of allylic oxidation sites excluding steroid dienone is 2. The van der Waals surface area contributed by atoms with Crippen LogP contribution in [-0.4, -0.2) is 6.21 Å². The van der Waals surface area contributed by atoms with E-state index in [1.807, 2.05) is 30.3 Å². The SMILES string of the molecule is N#C/C(N)=C(/C#N)N=Cc1ccc(Oc2ccccc2)cc1. The summed E-state index contributed by atoms with van der Waals surface area (Å²) in [4.78, 5) is 3.90. The molecule has 22 heavy (non-hydrogen) atoms. The molecule has 106 valence electrons. The number of aliphatic imine (C=N–C) groups is 1. The van der Waals surface area contributed by atoms with E-state index in [4.69, 9.17) is 21.0 Å². The number of nitrogens with zero attached hydrogens (tertiary/aromatic N) is 3. The molecule has 5 nitrogen and oxygen atoms in total. The topological polar surface area (TPSA) is 95.2 Å². The number of para-hydroxylation sites is 1. The summed E-state index contributed by atoms with van der Waals surface area (Å²) in [5.41, 5.74) is 5.82. The molecular weight excluding hydrogens is 276 g/mol. The number of hydrogen-bond donors (Lipinski definition) is 1. The van der Waals surface area contributed by atoms with Gasteiger partial charge < -0.3 is 10.5 Å². The van der Waals surface area contributed by atoms with Crippen LogP contribution in [0, 0.1) is 22.7 Å². The van der Waals surface area contributed by atoms with E-state index in [-0.39, 0.29) is 11.4 Å². The van der Waals surface area contributed by atoms with Crippen LogP contribution in [0.5, 0.6) is 11.5 Å². The van der Waals surface area contributed by atoms with Crippen LogP contribution in [0.2, 0.25) is 0 Å². The lowest BCUT2D eigenvalue weighted by Gasteiger charge is -2.05. The monoisotopic (exact) mass is 288 g/mol. The maximum atomic E-state index is 8.84. The number of ether oxygens (including phenoxy) is 1. The zero-order valence-electron chi connectivity index (χ0n) is 11.6. The minimum absolute atomic E-state index is 0.105. The van der Waals surface area contributed by atoms with Gasteiger partial charge in [-0.15, -0.1) is 0 Å². The van der Waals surface area contributed by atoms with Gasteiger partial charge in [-0.3, -0.25) is 0 Å². The standard InChI is InChI=1S/C17H12N4O/c18-10-16(20)17(11-19)21-12-13-6-8-15(9-7-13)22-14-4-2-1-3-5-14/h1-9,12H,20H2/b17-16+,21-12?. The molecule has 0 aromatic heterocycles. The lowest BCUT2D eigenvalue weighted by Crippen LogP contribution is -1.97. The third kappa shape index (κ3) is 3.96. The van der Waals surface area contributed by atoms with Crippen molar-refractivity contribution < 1.29 is 4.74 Å². The summed E-state index contributed by atoms with van der Waals surface area (Å²) in [6, 6.07) is 20.1. The molecule has 0 bridgehead atoms. The minimum Gasteiger partial charge on any atom is -0.457 e. The van der Waals surface area contributed by atoms with E-state index in [1.54, 1.807) is 36.4 Å². The van der Waals surface area contributed by atoms with Gasteiger partial charge in [0.2, 0.25) is 0 Å². The highest BCUT2D eigenvalue weighted by Crippen LogP contribution is 2.20. The van der Waals surface area contributed by atoms with Crippen LogP contribution < -0.4 is 10.5 Å². The molecule has 0 radical (unpaired) electrons. The molecule has 0 unspecified atom stereocenters. The summed E-state index contributed by atoms with van der Waals surface area (Å²) >= 11 is 0. The van der Waals surface area contributed by atoms with Crippen LogP contribution in [0.25, 0.3) is 0 Å². The molecule has 0 aliphatic heterocycles. The quantitative estimate of drug-likeness (QED) is 0.690. The number of nitrogens with two attached hydrogens (primary N) is 1. The summed E-state index contributed by atoms with van der Waals surface area (Å²) in [5.74, 6) is 1.44. The van der Waals surface area contributed by atoms with Gasteiger partial charge in [0.05, 0.1) is 0 Å². The molecule has 0 saturated heterocycles. The number of hydrogen-bond acceptors (Lipinski definition) is 5. The van der Waals surface area contributed by atoms with Gasteiger partial charge in [0.25, 0.3) is 0 Å². The molecule has 0 spiro atoms. The van der Waals surface area contributed by atoms with Crippen molar-refractivity contribution in [1.82, 2.24) is 0 Å². The first-order valence-corrected chi connectivity index (χ1v) is 6.40. The van der Waals surface area contributed by atoms with E-state index in [2.05, 4.69) is 4.99 Å². The molecule has 2 N–H and O–H groups in total.